The Balaban J connectivity index is 4.41. The Morgan fingerprint density at radius 1 is 1.41 bits per heavy atom. The van der Waals surface area contributed by atoms with Crippen molar-refractivity contribution in [2.75, 3.05) is 13.7 Å². The van der Waals surface area contributed by atoms with E-state index in [0.717, 1.165) is 0 Å². The second kappa shape index (κ2) is 7.59. The first-order valence-electron chi connectivity index (χ1n) is 5.35. The largest absolute Gasteiger partial charge is 0.452 e. The number of nitrogens with zero attached hydrogens (tertiary/aromatic N) is 1. The smallest absolute Gasteiger partial charge is 0.421 e. The SMILES string of the molecule is C=CCN(C#CCC#C[Si](C)(C)C)C(=O)OC. The summed E-state index contributed by atoms with van der Waals surface area (Å²) >= 11 is 0. The summed E-state index contributed by atoms with van der Waals surface area (Å²) in [5, 5.41) is 0. The van der Waals surface area contributed by atoms with Gasteiger partial charge in [0.05, 0.1) is 20.1 Å². The first-order chi connectivity index (χ1) is 7.90. The van der Waals surface area contributed by atoms with Gasteiger partial charge in [-0.05, 0) is 0 Å². The van der Waals surface area contributed by atoms with Crippen molar-refractivity contribution < 1.29 is 9.53 Å². The molecule has 0 aliphatic carbocycles. The fourth-order valence-electron chi connectivity index (χ4n) is 0.894. The Morgan fingerprint density at radius 3 is 2.53 bits per heavy atom. The molecule has 0 aromatic carbocycles. The summed E-state index contributed by atoms with van der Waals surface area (Å²) in [5.41, 5.74) is 3.20. The van der Waals surface area contributed by atoms with E-state index in [1.54, 1.807) is 6.08 Å². The number of rotatable bonds is 2. The summed E-state index contributed by atoms with van der Waals surface area (Å²) in [5.74, 6) is 5.85. The fraction of sp³-hybridized carbons (Fsp3) is 0.462. The minimum atomic E-state index is -1.33. The molecule has 1 amide bonds. The number of hydrogen-bond acceptors (Lipinski definition) is 2. The lowest BCUT2D eigenvalue weighted by atomic mass is 10.4. The Bertz CT molecular complexity index is 388. The van der Waals surface area contributed by atoms with Crippen LogP contribution in [0.25, 0.3) is 0 Å². The quantitative estimate of drug-likeness (QED) is 0.326. The van der Waals surface area contributed by atoms with Crippen LogP contribution in [0.15, 0.2) is 12.7 Å². The molecule has 0 saturated carbocycles. The van der Waals surface area contributed by atoms with Crippen LogP contribution in [-0.4, -0.2) is 32.7 Å². The van der Waals surface area contributed by atoms with Gasteiger partial charge in [0, 0.05) is 6.04 Å². The first-order valence-corrected chi connectivity index (χ1v) is 8.85. The molecule has 3 nitrogen and oxygen atoms in total. The van der Waals surface area contributed by atoms with Gasteiger partial charge >= 0.3 is 6.09 Å². The third kappa shape index (κ3) is 8.18. The van der Waals surface area contributed by atoms with Crippen molar-refractivity contribution in [3.63, 3.8) is 0 Å². The lowest BCUT2D eigenvalue weighted by molar-refractivity contribution is 0.146. The summed E-state index contributed by atoms with van der Waals surface area (Å²) in [6.07, 6.45) is 1.59. The third-order valence-corrected chi connectivity index (χ3v) is 2.49. The van der Waals surface area contributed by atoms with Gasteiger partial charge in [-0.2, -0.15) is 0 Å². The topological polar surface area (TPSA) is 29.5 Å². The van der Waals surface area contributed by atoms with Crippen molar-refractivity contribution in [1.82, 2.24) is 4.90 Å². The lowest BCUT2D eigenvalue weighted by Gasteiger charge is -2.10. The van der Waals surface area contributed by atoms with Gasteiger partial charge in [-0.15, -0.1) is 12.1 Å². The number of carbonyl (C=O) groups excluding carboxylic acids is 1. The Labute approximate surface area is 105 Å². The van der Waals surface area contributed by atoms with E-state index in [4.69, 9.17) is 0 Å². The minimum absolute atomic E-state index is 0.348. The van der Waals surface area contributed by atoms with Crippen molar-refractivity contribution in [2.45, 2.75) is 26.1 Å². The summed E-state index contributed by atoms with van der Waals surface area (Å²) in [7, 11) is -0.00407. The predicted octanol–water partition coefficient (Wildman–Crippen LogP) is 2.47. The van der Waals surface area contributed by atoms with E-state index in [9.17, 15) is 4.79 Å². The summed E-state index contributed by atoms with van der Waals surface area (Å²) < 4.78 is 4.58. The highest BCUT2D eigenvalue weighted by molar-refractivity contribution is 6.83. The molecule has 0 aromatic rings. The van der Waals surface area contributed by atoms with E-state index in [1.807, 2.05) is 0 Å². The van der Waals surface area contributed by atoms with Crippen LogP contribution >= 0.6 is 0 Å². The van der Waals surface area contributed by atoms with Gasteiger partial charge < -0.3 is 4.74 Å². The highest BCUT2D eigenvalue weighted by atomic mass is 28.3. The van der Waals surface area contributed by atoms with Gasteiger partial charge in [0.15, 0.2) is 0 Å². The molecule has 0 spiro atoms. The van der Waals surface area contributed by atoms with E-state index < -0.39 is 14.2 Å². The normalized spacial score (nSPS) is 9.18. The second-order valence-electron chi connectivity index (χ2n) is 4.39. The molecule has 0 aliphatic rings. The maximum Gasteiger partial charge on any atom is 0.421 e. The molecule has 92 valence electrons. The van der Waals surface area contributed by atoms with E-state index in [2.05, 4.69) is 54.4 Å². The molecule has 0 aliphatic heterocycles. The number of carbonyl (C=O) groups is 1. The minimum Gasteiger partial charge on any atom is -0.452 e. The molecule has 0 N–H and O–H groups in total. The van der Waals surface area contributed by atoms with Crippen molar-refractivity contribution in [1.29, 1.82) is 0 Å². The van der Waals surface area contributed by atoms with Crippen molar-refractivity contribution >= 4 is 14.2 Å². The van der Waals surface area contributed by atoms with Crippen LogP contribution in [0.2, 0.25) is 19.6 Å². The molecule has 0 atom stereocenters. The molecule has 0 saturated heterocycles. The average molecular weight is 249 g/mol. The van der Waals surface area contributed by atoms with Gasteiger partial charge in [-0.1, -0.05) is 37.6 Å². The fourth-order valence-corrected chi connectivity index (χ4v) is 1.51. The highest BCUT2D eigenvalue weighted by Crippen LogP contribution is 1.96. The van der Waals surface area contributed by atoms with Gasteiger partial charge in [-0.3, -0.25) is 0 Å². The Morgan fingerprint density at radius 2 is 2.06 bits per heavy atom. The zero-order chi connectivity index (χ0) is 13.3. The first kappa shape index (κ1) is 15.3. The van der Waals surface area contributed by atoms with Crippen LogP contribution in [0.4, 0.5) is 4.79 Å². The van der Waals surface area contributed by atoms with Crippen LogP contribution in [0.5, 0.6) is 0 Å². The molecule has 4 heteroatoms. The highest BCUT2D eigenvalue weighted by Gasteiger charge is 2.08. The maximum absolute atomic E-state index is 11.2. The zero-order valence-electron chi connectivity index (χ0n) is 11.0. The van der Waals surface area contributed by atoms with E-state index in [1.165, 1.54) is 12.0 Å². The van der Waals surface area contributed by atoms with Crippen molar-refractivity contribution in [2.24, 2.45) is 0 Å². The van der Waals surface area contributed by atoms with E-state index in [-0.39, 0.29) is 0 Å². The molecule has 0 heterocycles. The maximum atomic E-state index is 11.2. The molecular formula is C13H19NO2Si. The Hall–Kier alpha value is -1.65. The Kier molecular flexibility index (Phi) is 6.85. The second-order valence-corrected chi connectivity index (χ2v) is 9.14. The van der Waals surface area contributed by atoms with Crippen LogP contribution in [0.3, 0.4) is 0 Å². The van der Waals surface area contributed by atoms with Crippen molar-refractivity contribution in [3.8, 4) is 23.4 Å². The van der Waals surface area contributed by atoms with E-state index >= 15 is 0 Å². The van der Waals surface area contributed by atoms with E-state index in [0.29, 0.717) is 13.0 Å². The van der Waals surface area contributed by atoms with Crippen LogP contribution in [0.1, 0.15) is 6.42 Å². The number of hydrogen-bond donors (Lipinski definition) is 0. The van der Waals surface area contributed by atoms with Gasteiger partial charge in [0.2, 0.25) is 0 Å². The van der Waals surface area contributed by atoms with Crippen LogP contribution in [0, 0.1) is 23.4 Å². The molecule has 0 fully saturated rings. The van der Waals surface area contributed by atoms with Gasteiger partial charge in [0.1, 0.15) is 8.07 Å². The predicted molar refractivity (Wildman–Crippen MR) is 72.8 cm³/mol. The van der Waals surface area contributed by atoms with Crippen LogP contribution < -0.4 is 0 Å². The summed E-state index contributed by atoms with van der Waals surface area (Å²) in [6.45, 7) is 10.4. The lowest BCUT2D eigenvalue weighted by Crippen LogP contribution is -2.26. The standard InChI is InChI=1S/C13H19NO2Si/c1-6-10-14(13(15)16-2)11-8-7-9-12-17(3,4)5/h6H,1,7,10H2,2-5H3. The molecule has 0 unspecified atom stereocenters. The molecule has 0 radical (unpaired) electrons. The summed E-state index contributed by atoms with van der Waals surface area (Å²) in [4.78, 5) is 12.5. The average Bonchev–Trinajstić information content (AvgIpc) is 2.24. The van der Waals surface area contributed by atoms with Crippen LogP contribution in [-0.2, 0) is 4.74 Å². The zero-order valence-corrected chi connectivity index (χ0v) is 12.0. The molecule has 0 aromatic heterocycles. The van der Waals surface area contributed by atoms with Gasteiger partial charge in [0.25, 0.3) is 0 Å². The number of methoxy groups -OCH3 is 1. The van der Waals surface area contributed by atoms with Gasteiger partial charge in [-0.25, -0.2) is 9.69 Å². The number of ether oxygens (including phenoxy) is 1. The number of amides is 1. The molecule has 17 heavy (non-hydrogen) atoms. The molecule has 0 bridgehead atoms. The molecular weight excluding hydrogens is 230 g/mol. The third-order valence-electron chi connectivity index (χ3n) is 1.56. The van der Waals surface area contributed by atoms with Crippen molar-refractivity contribution in [3.05, 3.63) is 12.7 Å². The molecule has 0 rings (SSSR count). The monoisotopic (exact) mass is 249 g/mol. The summed E-state index contributed by atoms with van der Waals surface area (Å²) in [6, 6.07) is 2.71.